The van der Waals surface area contributed by atoms with Crippen LogP contribution >= 0.6 is 11.6 Å². The molecular weight excluding hydrogens is 208 g/mol. The maximum Gasteiger partial charge on any atom is 0.339 e. The van der Waals surface area contributed by atoms with Crippen molar-refractivity contribution in [3.63, 3.8) is 0 Å². The molecule has 0 aliphatic rings. The standard InChI is InChI=1S/C9H9ClO4/c1-14-4-5-2-8(11)6(9(12)13)3-7(5)10/h2-3,11H,4H2,1H3,(H,12,13). The molecule has 0 aliphatic heterocycles. The van der Waals surface area contributed by atoms with E-state index in [2.05, 4.69) is 0 Å². The molecule has 0 heterocycles. The van der Waals surface area contributed by atoms with Crippen LogP contribution in [0.3, 0.4) is 0 Å². The van der Waals surface area contributed by atoms with Gasteiger partial charge in [0.1, 0.15) is 11.3 Å². The number of carboxylic acids is 1. The van der Waals surface area contributed by atoms with Gasteiger partial charge in [-0.3, -0.25) is 0 Å². The number of benzene rings is 1. The Kier molecular flexibility index (Phi) is 3.33. The van der Waals surface area contributed by atoms with E-state index in [0.717, 1.165) is 0 Å². The first kappa shape index (κ1) is 10.8. The zero-order chi connectivity index (χ0) is 10.7. The first-order valence-electron chi connectivity index (χ1n) is 3.80. The minimum absolute atomic E-state index is 0.213. The van der Waals surface area contributed by atoms with Crippen molar-refractivity contribution in [2.75, 3.05) is 7.11 Å². The summed E-state index contributed by atoms with van der Waals surface area (Å²) in [6.45, 7) is 0.228. The third kappa shape index (κ3) is 2.16. The van der Waals surface area contributed by atoms with Gasteiger partial charge in [0.15, 0.2) is 0 Å². The molecule has 0 fully saturated rings. The number of hydrogen-bond donors (Lipinski definition) is 2. The number of aromatic hydroxyl groups is 1. The van der Waals surface area contributed by atoms with E-state index in [-0.39, 0.29) is 22.9 Å². The van der Waals surface area contributed by atoms with Crippen molar-refractivity contribution in [3.05, 3.63) is 28.3 Å². The zero-order valence-corrected chi connectivity index (χ0v) is 8.21. The lowest BCUT2D eigenvalue weighted by Gasteiger charge is -2.06. The Hall–Kier alpha value is -1.26. The largest absolute Gasteiger partial charge is 0.507 e. The summed E-state index contributed by atoms with van der Waals surface area (Å²) in [5.74, 6) is -1.53. The topological polar surface area (TPSA) is 66.8 Å². The van der Waals surface area contributed by atoms with Gasteiger partial charge in [0.2, 0.25) is 0 Å². The minimum atomic E-state index is -1.21. The monoisotopic (exact) mass is 216 g/mol. The van der Waals surface area contributed by atoms with E-state index >= 15 is 0 Å². The van der Waals surface area contributed by atoms with Crippen LogP contribution < -0.4 is 0 Å². The number of carbonyl (C=O) groups is 1. The fourth-order valence-corrected chi connectivity index (χ4v) is 1.26. The Morgan fingerprint density at radius 2 is 2.21 bits per heavy atom. The quantitative estimate of drug-likeness (QED) is 0.810. The summed E-state index contributed by atoms with van der Waals surface area (Å²) in [4.78, 5) is 10.6. The molecule has 1 aromatic rings. The number of halogens is 1. The molecule has 0 unspecified atom stereocenters. The van der Waals surface area contributed by atoms with Crippen molar-refractivity contribution < 1.29 is 19.7 Å². The fraction of sp³-hybridized carbons (Fsp3) is 0.222. The van der Waals surface area contributed by atoms with Gasteiger partial charge in [-0.05, 0) is 12.1 Å². The first-order valence-corrected chi connectivity index (χ1v) is 4.17. The molecule has 0 saturated carbocycles. The summed E-state index contributed by atoms with van der Waals surface area (Å²) >= 11 is 5.77. The molecule has 14 heavy (non-hydrogen) atoms. The number of ether oxygens (including phenoxy) is 1. The van der Waals surface area contributed by atoms with Gasteiger partial charge in [0, 0.05) is 17.7 Å². The van der Waals surface area contributed by atoms with Gasteiger partial charge in [0.05, 0.1) is 6.61 Å². The van der Waals surface area contributed by atoms with Gasteiger partial charge in [-0.2, -0.15) is 0 Å². The number of aromatic carboxylic acids is 1. The highest BCUT2D eigenvalue weighted by molar-refractivity contribution is 6.31. The predicted molar refractivity (Wildman–Crippen MR) is 50.8 cm³/mol. The Morgan fingerprint density at radius 3 is 2.71 bits per heavy atom. The van der Waals surface area contributed by atoms with Gasteiger partial charge in [-0.25, -0.2) is 4.79 Å². The normalized spacial score (nSPS) is 10.1. The lowest BCUT2D eigenvalue weighted by molar-refractivity contribution is 0.0693. The number of carboxylic acid groups (broad SMARTS) is 1. The van der Waals surface area contributed by atoms with Crippen LogP contribution in [0.1, 0.15) is 15.9 Å². The highest BCUT2D eigenvalue weighted by Gasteiger charge is 2.13. The van der Waals surface area contributed by atoms with Crippen molar-refractivity contribution in [2.24, 2.45) is 0 Å². The van der Waals surface area contributed by atoms with Crippen molar-refractivity contribution >= 4 is 17.6 Å². The second-order valence-electron chi connectivity index (χ2n) is 2.70. The summed E-state index contributed by atoms with van der Waals surface area (Å²) in [7, 11) is 1.48. The molecule has 1 aromatic carbocycles. The third-order valence-corrected chi connectivity index (χ3v) is 2.05. The Balaban J connectivity index is 3.17. The van der Waals surface area contributed by atoms with Crippen molar-refractivity contribution in [3.8, 4) is 5.75 Å². The molecule has 1 rings (SSSR count). The second kappa shape index (κ2) is 4.30. The maximum absolute atomic E-state index is 10.6. The van der Waals surface area contributed by atoms with Crippen LogP contribution in [-0.4, -0.2) is 23.3 Å². The van der Waals surface area contributed by atoms with Crippen LogP contribution in [-0.2, 0) is 11.3 Å². The van der Waals surface area contributed by atoms with Gasteiger partial charge >= 0.3 is 5.97 Å². The molecule has 76 valence electrons. The molecule has 0 spiro atoms. The van der Waals surface area contributed by atoms with Gasteiger partial charge in [-0.15, -0.1) is 0 Å². The lowest BCUT2D eigenvalue weighted by Crippen LogP contribution is -1.99. The third-order valence-electron chi connectivity index (χ3n) is 1.69. The van der Waals surface area contributed by atoms with E-state index in [4.69, 9.17) is 21.4 Å². The van der Waals surface area contributed by atoms with Crippen molar-refractivity contribution in [1.29, 1.82) is 0 Å². The smallest absolute Gasteiger partial charge is 0.339 e. The lowest BCUT2D eigenvalue weighted by atomic mass is 10.1. The highest BCUT2D eigenvalue weighted by atomic mass is 35.5. The summed E-state index contributed by atoms with van der Waals surface area (Å²) in [6.07, 6.45) is 0. The van der Waals surface area contributed by atoms with Crippen LogP contribution in [0, 0.1) is 0 Å². The number of phenols is 1. The molecule has 0 bridgehead atoms. The SMILES string of the molecule is COCc1cc(O)c(C(=O)O)cc1Cl. The average molecular weight is 217 g/mol. The molecule has 4 nitrogen and oxygen atoms in total. The molecule has 0 aliphatic carbocycles. The van der Waals surface area contributed by atoms with E-state index < -0.39 is 5.97 Å². The molecule has 0 radical (unpaired) electrons. The van der Waals surface area contributed by atoms with Crippen molar-refractivity contribution in [1.82, 2.24) is 0 Å². The van der Waals surface area contributed by atoms with Gasteiger partial charge in [0.25, 0.3) is 0 Å². The van der Waals surface area contributed by atoms with Crippen LogP contribution in [0.5, 0.6) is 5.75 Å². The summed E-state index contributed by atoms with van der Waals surface area (Å²) in [6, 6.07) is 2.49. The van der Waals surface area contributed by atoms with Crippen LogP contribution in [0.4, 0.5) is 0 Å². The zero-order valence-electron chi connectivity index (χ0n) is 7.45. The van der Waals surface area contributed by atoms with Crippen LogP contribution in [0.15, 0.2) is 12.1 Å². The molecule has 0 atom stereocenters. The first-order chi connectivity index (χ1) is 6.56. The highest BCUT2D eigenvalue weighted by Crippen LogP contribution is 2.26. The number of methoxy groups -OCH3 is 1. The minimum Gasteiger partial charge on any atom is -0.507 e. The Labute approximate surface area is 85.7 Å². The van der Waals surface area contributed by atoms with E-state index in [1.54, 1.807) is 0 Å². The van der Waals surface area contributed by atoms with E-state index in [1.807, 2.05) is 0 Å². The molecule has 0 amide bonds. The summed E-state index contributed by atoms with van der Waals surface area (Å²) < 4.78 is 4.82. The molecule has 5 heteroatoms. The van der Waals surface area contributed by atoms with Crippen LogP contribution in [0.2, 0.25) is 5.02 Å². The molecule has 2 N–H and O–H groups in total. The second-order valence-corrected chi connectivity index (χ2v) is 3.11. The van der Waals surface area contributed by atoms with Crippen LogP contribution in [0.25, 0.3) is 0 Å². The Morgan fingerprint density at radius 1 is 1.57 bits per heavy atom. The fourth-order valence-electron chi connectivity index (χ4n) is 1.04. The van der Waals surface area contributed by atoms with Gasteiger partial charge in [-0.1, -0.05) is 11.6 Å². The molecular formula is C9H9ClO4. The summed E-state index contributed by atoms with van der Waals surface area (Å²) in [5.41, 5.74) is 0.339. The van der Waals surface area contributed by atoms with Crippen molar-refractivity contribution in [2.45, 2.75) is 6.61 Å². The van der Waals surface area contributed by atoms with E-state index in [1.165, 1.54) is 19.2 Å². The molecule has 0 aromatic heterocycles. The Bertz CT molecular complexity index is 362. The van der Waals surface area contributed by atoms with E-state index in [0.29, 0.717) is 5.56 Å². The predicted octanol–water partition coefficient (Wildman–Crippen LogP) is 1.89. The average Bonchev–Trinajstić information content (AvgIpc) is 2.10. The van der Waals surface area contributed by atoms with E-state index in [9.17, 15) is 9.90 Å². The van der Waals surface area contributed by atoms with Gasteiger partial charge < -0.3 is 14.9 Å². The number of hydrogen-bond acceptors (Lipinski definition) is 3. The number of rotatable bonds is 3. The summed E-state index contributed by atoms with van der Waals surface area (Å²) in [5, 5.41) is 18.2. The molecule has 0 saturated heterocycles. The maximum atomic E-state index is 10.6.